The monoisotopic (exact) mass is 269 g/mol. The molecular weight excluding hydrogens is 254 g/mol. The predicted octanol–water partition coefficient (Wildman–Crippen LogP) is 2.85. The molecule has 0 aliphatic rings. The standard InChI is InChI=1S/C16H15NO3/c1-19-16(18)8-7-14-9-15(11-17-10-14)20-12-13-5-3-2-4-6-13/h2-11H,12H2,1H3. The van der Waals surface area contributed by atoms with Gasteiger partial charge in [0.25, 0.3) is 0 Å². The third-order valence-corrected chi connectivity index (χ3v) is 2.60. The van der Waals surface area contributed by atoms with E-state index in [1.165, 1.54) is 13.2 Å². The minimum absolute atomic E-state index is 0.402. The van der Waals surface area contributed by atoms with Gasteiger partial charge in [-0.1, -0.05) is 30.3 Å². The van der Waals surface area contributed by atoms with Crippen molar-refractivity contribution in [3.05, 3.63) is 66.0 Å². The minimum Gasteiger partial charge on any atom is -0.487 e. The van der Waals surface area contributed by atoms with Gasteiger partial charge in [-0.3, -0.25) is 4.98 Å². The molecule has 1 aromatic heterocycles. The molecule has 0 aliphatic heterocycles. The molecule has 0 aliphatic carbocycles. The van der Waals surface area contributed by atoms with E-state index >= 15 is 0 Å². The Labute approximate surface area is 117 Å². The van der Waals surface area contributed by atoms with Gasteiger partial charge in [-0.2, -0.15) is 0 Å². The van der Waals surface area contributed by atoms with Crippen LogP contribution in [0.25, 0.3) is 6.08 Å². The van der Waals surface area contributed by atoms with E-state index in [9.17, 15) is 4.79 Å². The summed E-state index contributed by atoms with van der Waals surface area (Å²) in [4.78, 5) is 15.1. The second-order valence-corrected chi connectivity index (χ2v) is 4.08. The van der Waals surface area contributed by atoms with E-state index in [1.54, 1.807) is 18.5 Å². The van der Waals surface area contributed by atoms with E-state index in [2.05, 4.69) is 9.72 Å². The SMILES string of the molecule is COC(=O)C=Cc1cncc(OCc2ccccc2)c1. The van der Waals surface area contributed by atoms with Crippen LogP contribution in [-0.2, 0) is 16.1 Å². The second kappa shape index (κ2) is 7.09. The first-order valence-electron chi connectivity index (χ1n) is 6.16. The van der Waals surface area contributed by atoms with E-state index in [4.69, 9.17) is 4.74 Å². The Bertz CT molecular complexity index is 594. The Hall–Kier alpha value is -2.62. The summed E-state index contributed by atoms with van der Waals surface area (Å²) in [7, 11) is 1.34. The maximum atomic E-state index is 11.0. The zero-order valence-electron chi connectivity index (χ0n) is 11.2. The summed E-state index contributed by atoms with van der Waals surface area (Å²) in [5.74, 6) is 0.251. The van der Waals surface area contributed by atoms with Gasteiger partial charge in [0.15, 0.2) is 0 Å². The van der Waals surface area contributed by atoms with Gasteiger partial charge in [0.1, 0.15) is 12.4 Å². The summed E-state index contributed by atoms with van der Waals surface area (Å²) < 4.78 is 10.2. The van der Waals surface area contributed by atoms with Crippen molar-refractivity contribution in [1.82, 2.24) is 4.98 Å². The van der Waals surface area contributed by atoms with Crippen LogP contribution in [0.3, 0.4) is 0 Å². The molecule has 0 saturated heterocycles. The molecule has 0 amide bonds. The van der Waals surface area contributed by atoms with Gasteiger partial charge in [-0.25, -0.2) is 4.79 Å². The first kappa shape index (κ1) is 13.8. The average molecular weight is 269 g/mol. The zero-order chi connectivity index (χ0) is 14.2. The van der Waals surface area contributed by atoms with Crippen LogP contribution in [0, 0.1) is 0 Å². The molecule has 0 saturated carbocycles. The molecule has 4 nitrogen and oxygen atoms in total. The Morgan fingerprint density at radius 1 is 1.25 bits per heavy atom. The van der Waals surface area contributed by atoms with E-state index in [-0.39, 0.29) is 0 Å². The maximum absolute atomic E-state index is 11.0. The van der Waals surface area contributed by atoms with Crippen molar-refractivity contribution in [2.24, 2.45) is 0 Å². The molecule has 0 unspecified atom stereocenters. The highest BCUT2D eigenvalue weighted by atomic mass is 16.5. The number of rotatable bonds is 5. The van der Waals surface area contributed by atoms with Crippen molar-refractivity contribution >= 4 is 12.0 Å². The number of hydrogen-bond donors (Lipinski definition) is 0. The van der Waals surface area contributed by atoms with Gasteiger partial charge in [-0.15, -0.1) is 0 Å². The summed E-state index contributed by atoms with van der Waals surface area (Å²) in [6.07, 6.45) is 6.26. The summed E-state index contributed by atoms with van der Waals surface area (Å²) in [5, 5.41) is 0. The van der Waals surface area contributed by atoms with Crippen LogP contribution in [0.1, 0.15) is 11.1 Å². The predicted molar refractivity (Wildman–Crippen MR) is 76.1 cm³/mol. The number of hydrogen-bond acceptors (Lipinski definition) is 4. The highest BCUT2D eigenvalue weighted by Crippen LogP contribution is 2.14. The van der Waals surface area contributed by atoms with Crippen molar-refractivity contribution in [1.29, 1.82) is 0 Å². The molecule has 1 aromatic carbocycles. The largest absolute Gasteiger partial charge is 0.487 e. The average Bonchev–Trinajstić information content (AvgIpc) is 2.52. The first-order chi connectivity index (χ1) is 9.78. The third-order valence-electron chi connectivity index (χ3n) is 2.60. The number of methoxy groups -OCH3 is 1. The van der Waals surface area contributed by atoms with Crippen LogP contribution in [0.15, 0.2) is 54.9 Å². The topological polar surface area (TPSA) is 48.4 Å². The lowest BCUT2D eigenvalue weighted by atomic mass is 10.2. The molecule has 1 heterocycles. The lowest BCUT2D eigenvalue weighted by molar-refractivity contribution is -0.134. The Balaban J connectivity index is 1.99. The van der Waals surface area contributed by atoms with E-state index < -0.39 is 5.97 Å². The van der Waals surface area contributed by atoms with Crippen LogP contribution in [0.5, 0.6) is 5.75 Å². The van der Waals surface area contributed by atoms with E-state index in [0.717, 1.165) is 11.1 Å². The fourth-order valence-corrected chi connectivity index (χ4v) is 1.58. The second-order valence-electron chi connectivity index (χ2n) is 4.08. The van der Waals surface area contributed by atoms with Gasteiger partial charge >= 0.3 is 5.97 Å². The number of carbonyl (C=O) groups is 1. The molecular formula is C16H15NO3. The quantitative estimate of drug-likeness (QED) is 0.618. The Morgan fingerprint density at radius 3 is 2.80 bits per heavy atom. The first-order valence-corrected chi connectivity index (χ1v) is 6.16. The molecule has 0 radical (unpaired) electrons. The minimum atomic E-state index is -0.402. The molecule has 0 N–H and O–H groups in total. The van der Waals surface area contributed by atoms with Crippen molar-refractivity contribution in [3.8, 4) is 5.75 Å². The molecule has 0 spiro atoms. The maximum Gasteiger partial charge on any atom is 0.330 e. The number of benzene rings is 1. The summed E-state index contributed by atoms with van der Waals surface area (Å²) in [6.45, 7) is 0.479. The number of pyridine rings is 1. The van der Waals surface area contributed by atoms with Gasteiger partial charge in [0.2, 0.25) is 0 Å². The lowest BCUT2D eigenvalue weighted by Crippen LogP contribution is -1.96. The highest BCUT2D eigenvalue weighted by Gasteiger charge is 1.98. The van der Waals surface area contributed by atoms with Crippen LogP contribution < -0.4 is 4.74 Å². The van der Waals surface area contributed by atoms with Crippen molar-refractivity contribution in [2.75, 3.05) is 7.11 Å². The fourth-order valence-electron chi connectivity index (χ4n) is 1.58. The van der Waals surface area contributed by atoms with Gasteiger partial charge in [-0.05, 0) is 23.3 Å². The molecule has 4 heteroatoms. The van der Waals surface area contributed by atoms with Crippen LogP contribution in [0.2, 0.25) is 0 Å². The molecule has 0 atom stereocenters. The van der Waals surface area contributed by atoms with Gasteiger partial charge in [0.05, 0.1) is 13.3 Å². The number of nitrogens with zero attached hydrogens (tertiary/aromatic N) is 1. The number of aromatic nitrogens is 1. The number of ether oxygens (including phenoxy) is 2. The van der Waals surface area contributed by atoms with Gasteiger partial charge < -0.3 is 9.47 Å². The fraction of sp³-hybridized carbons (Fsp3) is 0.125. The van der Waals surface area contributed by atoms with E-state index in [0.29, 0.717) is 12.4 Å². The summed E-state index contributed by atoms with van der Waals surface area (Å²) in [5.41, 5.74) is 1.86. The van der Waals surface area contributed by atoms with Crippen LogP contribution >= 0.6 is 0 Å². The van der Waals surface area contributed by atoms with E-state index in [1.807, 2.05) is 36.4 Å². The summed E-state index contributed by atoms with van der Waals surface area (Å²) >= 11 is 0. The van der Waals surface area contributed by atoms with Crippen molar-refractivity contribution < 1.29 is 14.3 Å². The van der Waals surface area contributed by atoms with Crippen LogP contribution in [0.4, 0.5) is 0 Å². The molecule has 2 rings (SSSR count). The normalized spacial score (nSPS) is 10.4. The molecule has 0 bridgehead atoms. The summed E-state index contributed by atoms with van der Waals surface area (Å²) in [6, 6.07) is 11.7. The smallest absolute Gasteiger partial charge is 0.330 e. The number of carbonyl (C=O) groups excluding carboxylic acids is 1. The Kier molecular flexibility index (Phi) is 4.89. The lowest BCUT2D eigenvalue weighted by Gasteiger charge is -2.06. The Morgan fingerprint density at radius 2 is 2.05 bits per heavy atom. The van der Waals surface area contributed by atoms with Crippen molar-refractivity contribution in [3.63, 3.8) is 0 Å². The highest BCUT2D eigenvalue weighted by molar-refractivity contribution is 5.86. The van der Waals surface area contributed by atoms with Crippen LogP contribution in [-0.4, -0.2) is 18.1 Å². The molecule has 102 valence electrons. The molecule has 20 heavy (non-hydrogen) atoms. The number of esters is 1. The zero-order valence-corrected chi connectivity index (χ0v) is 11.2. The van der Waals surface area contributed by atoms with Gasteiger partial charge in [0, 0.05) is 12.3 Å². The molecule has 2 aromatic rings. The molecule has 0 fully saturated rings. The third kappa shape index (κ3) is 4.24. The van der Waals surface area contributed by atoms with Crippen molar-refractivity contribution in [2.45, 2.75) is 6.61 Å².